The Hall–Kier alpha value is -1.52. The van der Waals surface area contributed by atoms with Gasteiger partial charge in [-0.3, -0.25) is 4.79 Å². The van der Waals surface area contributed by atoms with Crippen LogP contribution in [0.4, 0.5) is 4.39 Å². The highest BCUT2D eigenvalue weighted by Gasteiger charge is 2.13. The van der Waals surface area contributed by atoms with Gasteiger partial charge in [0, 0.05) is 16.5 Å². The van der Waals surface area contributed by atoms with Crippen molar-refractivity contribution in [1.82, 2.24) is 5.32 Å². The minimum absolute atomic E-state index is 0.00741. The van der Waals surface area contributed by atoms with E-state index in [-0.39, 0.29) is 18.0 Å². The van der Waals surface area contributed by atoms with E-state index in [2.05, 4.69) is 21.2 Å². The molecule has 110 valence electrons. The van der Waals surface area contributed by atoms with Crippen molar-refractivity contribution in [2.24, 2.45) is 0 Å². The number of nitrogens with one attached hydrogen (secondary N) is 1. The molecule has 0 unspecified atom stereocenters. The maximum atomic E-state index is 13.3. The lowest BCUT2D eigenvalue weighted by molar-refractivity contribution is 0.0992. The molecule has 2 aromatic rings. The molecular weight excluding hydrogens is 333 g/mol. The molecule has 0 aliphatic heterocycles. The summed E-state index contributed by atoms with van der Waals surface area (Å²) in [5.41, 5.74) is 2.40. The summed E-state index contributed by atoms with van der Waals surface area (Å²) in [6.45, 7) is 0.813. The second-order valence-electron chi connectivity index (χ2n) is 4.85. The summed E-state index contributed by atoms with van der Waals surface area (Å²) in [5.74, 6) is -0.322. The normalized spacial score (nSPS) is 10.6. The van der Waals surface area contributed by atoms with Crippen molar-refractivity contribution in [2.75, 3.05) is 13.6 Å². The van der Waals surface area contributed by atoms with Crippen LogP contribution in [-0.4, -0.2) is 19.4 Å². The van der Waals surface area contributed by atoms with Crippen molar-refractivity contribution in [2.45, 2.75) is 12.8 Å². The molecule has 0 aliphatic rings. The van der Waals surface area contributed by atoms with Gasteiger partial charge in [-0.2, -0.15) is 0 Å². The van der Waals surface area contributed by atoms with Crippen LogP contribution in [0.1, 0.15) is 21.5 Å². The average Bonchev–Trinajstić information content (AvgIpc) is 2.49. The molecular formula is C17H17BrFNO. The third-order valence-electron chi connectivity index (χ3n) is 3.32. The van der Waals surface area contributed by atoms with Crippen LogP contribution in [0.15, 0.2) is 46.9 Å². The van der Waals surface area contributed by atoms with Crippen molar-refractivity contribution in [3.63, 3.8) is 0 Å². The minimum atomic E-state index is -0.329. The monoisotopic (exact) mass is 349 g/mol. The minimum Gasteiger partial charge on any atom is -0.319 e. The quantitative estimate of drug-likeness (QED) is 0.804. The fraction of sp³-hybridized carbons (Fsp3) is 0.235. The molecule has 0 saturated carbocycles. The Morgan fingerprint density at radius 3 is 2.71 bits per heavy atom. The molecule has 2 aromatic carbocycles. The van der Waals surface area contributed by atoms with Crippen LogP contribution in [0.5, 0.6) is 0 Å². The van der Waals surface area contributed by atoms with Crippen LogP contribution in [0.25, 0.3) is 0 Å². The molecule has 2 nitrogen and oxygen atoms in total. The summed E-state index contributed by atoms with van der Waals surface area (Å²) in [6, 6.07) is 12.0. The summed E-state index contributed by atoms with van der Waals surface area (Å²) in [5, 5.41) is 3.08. The number of benzene rings is 2. The number of ketones is 1. The molecule has 0 amide bonds. The third kappa shape index (κ3) is 4.22. The van der Waals surface area contributed by atoms with E-state index in [1.165, 1.54) is 12.1 Å². The van der Waals surface area contributed by atoms with Gasteiger partial charge in [0.1, 0.15) is 5.82 Å². The van der Waals surface area contributed by atoms with E-state index in [1.54, 1.807) is 6.07 Å². The lowest BCUT2D eigenvalue weighted by Crippen LogP contribution is -2.14. The second-order valence-corrected chi connectivity index (χ2v) is 5.70. The molecule has 0 fully saturated rings. The molecule has 0 heterocycles. The Labute approximate surface area is 132 Å². The van der Waals surface area contributed by atoms with Gasteiger partial charge in [0.2, 0.25) is 0 Å². The highest BCUT2D eigenvalue weighted by molar-refractivity contribution is 9.10. The van der Waals surface area contributed by atoms with E-state index in [9.17, 15) is 9.18 Å². The number of Topliss-reactive ketones (excluding diaryl/α,β-unsaturated/α-hetero) is 1. The van der Waals surface area contributed by atoms with E-state index < -0.39 is 0 Å². The zero-order valence-electron chi connectivity index (χ0n) is 11.8. The molecule has 0 saturated heterocycles. The fourth-order valence-corrected chi connectivity index (χ4v) is 2.60. The fourth-order valence-electron chi connectivity index (χ4n) is 2.22. The highest BCUT2D eigenvalue weighted by atomic mass is 79.9. The molecule has 4 heteroatoms. The molecule has 0 aliphatic carbocycles. The van der Waals surface area contributed by atoms with Gasteiger partial charge in [0.25, 0.3) is 0 Å². The van der Waals surface area contributed by atoms with Gasteiger partial charge in [0.15, 0.2) is 5.78 Å². The van der Waals surface area contributed by atoms with Crippen LogP contribution in [-0.2, 0) is 12.8 Å². The summed E-state index contributed by atoms with van der Waals surface area (Å²) in [7, 11) is 1.88. The summed E-state index contributed by atoms with van der Waals surface area (Å²) in [4.78, 5) is 12.5. The zero-order valence-corrected chi connectivity index (χ0v) is 13.4. The van der Waals surface area contributed by atoms with E-state index in [0.717, 1.165) is 23.0 Å². The first-order chi connectivity index (χ1) is 10.1. The summed E-state index contributed by atoms with van der Waals surface area (Å²) < 4.78 is 14.1. The maximum Gasteiger partial charge on any atom is 0.167 e. The predicted molar refractivity (Wildman–Crippen MR) is 86.2 cm³/mol. The van der Waals surface area contributed by atoms with Crippen LogP contribution in [0, 0.1) is 5.82 Å². The Kier molecular flexibility index (Phi) is 5.65. The van der Waals surface area contributed by atoms with Crippen molar-refractivity contribution in [1.29, 1.82) is 0 Å². The number of halogens is 2. The average molecular weight is 350 g/mol. The van der Waals surface area contributed by atoms with Gasteiger partial charge >= 0.3 is 0 Å². The Balaban J connectivity index is 2.22. The van der Waals surface area contributed by atoms with Crippen LogP contribution < -0.4 is 5.32 Å². The zero-order chi connectivity index (χ0) is 15.2. The molecule has 0 spiro atoms. The standard InChI is InChI=1S/C17H17BrFNO/c1-20-9-8-12-4-2-3-5-15(12)17(21)11-13-10-14(19)6-7-16(13)18/h2-7,10,20H,8-9,11H2,1H3. The molecule has 0 aromatic heterocycles. The Morgan fingerprint density at radius 2 is 1.95 bits per heavy atom. The van der Waals surface area contributed by atoms with Crippen molar-refractivity contribution in [3.8, 4) is 0 Å². The third-order valence-corrected chi connectivity index (χ3v) is 4.09. The summed E-state index contributed by atoms with van der Waals surface area (Å²) >= 11 is 3.36. The van der Waals surface area contributed by atoms with Gasteiger partial charge < -0.3 is 5.32 Å². The number of carbonyl (C=O) groups is 1. The molecule has 0 radical (unpaired) electrons. The lowest BCUT2D eigenvalue weighted by Gasteiger charge is -2.09. The van der Waals surface area contributed by atoms with Crippen molar-refractivity contribution < 1.29 is 9.18 Å². The Bertz CT molecular complexity index is 642. The van der Waals surface area contributed by atoms with Gasteiger partial charge in [0.05, 0.1) is 0 Å². The van der Waals surface area contributed by atoms with E-state index >= 15 is 0 Å². The van der Waals surface area contributed by atoms with Gasteiger partial charge in [-0.1, -0.05) is 40.2 Å². The molecule has 21 heavy (non-hydrogen) atoms. The number of likely N-dealkylation sites (N-methyl/N-ethyl adjacent to an activating group) is 1. The maximum absolute atomic E-state index is 13.3. The van der Waals surface area contributed by atoms with E-state index in [4.69, 9.17) is 0 Å². The molecule has 1 N–H and O–H groups in total. The first kappa shape index (κ1) is 15.9. The largest absolute Gasteiger partial charge is 0.319 e. The SMILES string of the molecule is CNCCc1ccccc1C(=O)Cc1cc(F)ccc1Br. The lowest BCUT2D eigenvalue weighted by atomic mass is 9.97. The smallest absolute Gasteiger partial charge is 0.167 e. The molecule has 0 bridgehead atoms. The predicted octanol–water partition coefficient (Wildman–Crippen LogP) is 3.78. The Morgan fingerprint density at radius 1 is 1.19 bits per heavy atom. The molecule has 0 atom stereocenters. The van der Waals surface area contributed by atoms with Crippen LogP contribution in [0.2, 0.25) is 0 Å². The highest BCUT2D eigenvalue weighted by Crippen LogP contribution is 2.21. The first-order valence-corrected chi connectivity index (χ1v) is 7.60. The van der Waals surface area contributed by atoms with Crippen molar-refractivity contribution >= 4 is 21.7 Å². The first-order valence-electron chi connectivity index (χ1n) is 6.81. The second kappa shape index (κ2) is 7.48. The number of hydrogen-bond donors (Lipinski definition) is 1. The van der Waals surface area contributed by atoms with Crippen LogP contribution in [0.3, 0.4) is 0 Å². The topological polar surface area (TPSA) is 29.1 Å². The number of rotatable bonds is 6. The van der Waals surface area contributed by atoms with E-state index in [0.29, 0.717) is 11.1 Å². The number of hydrogen-bond acceptors (Lipinski definition) is 2. The van der Waals surface area contributed by atoms with E-state index in [1.807, 2.05) is 31.3 Å². The van der Waals surface area contributed by atoms with Crippen molar-refractivity contribution in [3.05, 3.63) is 69.4 Å². The van der Waals surface area contributed by atoms with Crippen LogP contribution >= 0.6 is 15.9 Å². The summed E-state index contributed by atoms with van der Waals surface area (Å²) in [6.07, 6.45) is 0.984. The van der Waals surface area contributed by atoms with Gasteiger partial charge in [-0.05, 0) is 49.3 Å². The van der Waals surface area contributed by atoms with Gasteiger partial charge in [-0.25, -0.2) is 4.39 Å². The van der Waals surface area contributed by atoms with Gasteiger partial charge in [-0.15, -0.1) is 0 Å². The number of carbonyl (C=O) groups excluding carboxylic acids is 1. The molecule has 2 rings (SSSR count).